The average molecular weight is 372 g/mol. The predicted molar refractivity (Wildman–Crippen MR) is 74.7 cm³/mol. The third-order valence-corrected chi connectivity index (χ3v) is 2.79. The van der Waals surface area contributed by atoms with Gasteiger partial charge in [-0.3, -0.25) is 0 Å². The van der Waals surface area contributed by atoms with Crippen molar-refractivity contribution in [1.29, 1.82) is 0 Å². The average Bonchev–Trinajstić information content (AvgIpc) is 2.38. The van der Waals surface area contributed by atoms with Gasteiger partial charge in [-0.25, -0.2) is 0 Å². The Morgan fingerprint density at radius 2 is 1.05 bits per heavy atom. The molecule has 0 aromatic carbocycles. The summed E-state index contributed by atoms with van der Waals surface area (Å²) in [6.07, 6.45) is 4.39. The summed E-state index contributed by atoms with van der Waals surface area (Å²) in [5, 5.41) is 16.6. The Hall–Kier alpha value is 1.22. The van der Waals surface area contributed by atoms with Crippen LogP contribution in [-0.2, 0) is 18.2 Å². The van der Waals surface area contributed by atoms with Gasteiger partial charge in [-0.2, -0.15) is 0 Å². The standard InChI is InChI=1S/2C5H11O4P.Ca/c2*6-4-2-1-3-5-9-10(7)8;/h2*6H,1-5H2;/q;;+2. The summed E-state index contributed by atoms with van der Waals surface area (Å²) in [6.45, 7) is 0.782. The molecule has 0 aliphatic heterocycles. The second kappa shape index (κ2) is 23.5. The van der Waals surface area contributed by atoms with Crippen molar-refractivity contribution in [3.8, 4) is 0 Å². The first-order chi connectivity index (χ1) is 9.54. The Morgan fingerprint density at radius 3 is 1.29 bits per heavy atom. The zero-order chi connectivity index (χ0) is 15.6. The number of unbranched alkanes of at least 4 members (excludes halogenated alkanes) is 4. The van der Waals surface area contributed by atoms with Gasteiger partial charge in [-0.15, -0.1) is 9.05 Å². The van der Waals surface area contributed by atoms with Crippen LogP contribution in [0.4, 0.5) is 0 Å². The molecule has 120 valence electrons. The summed E-state index contributed by atoms with van der Waals surface area (Å²) < 4.78 is 28.1. The molecule has 11 heteroatoms. The van der Waals surface area contributed by atoms with Gasteiger partial charge < -0.3 is 20.0 Å². The minimum atomic E-state index is -2.68. The molecule has 0 aliphatic carbocycles. The smallest absolute Gasteiger partial charge is 0.566 e. The van der Waals surface area contributed by atoms with Crippen LogP contribution in [0, 0.1) is 0 Å². The van der Waals surface area contributed by atoms with Crippen LogP contribution in [0.5, 0.6) is 0 Å². The molecule has 0 rings (SSSR count). The summed E-state index contributed by atoms with van der Waals surface area (Å²) >= 11 is 0. The number of aliphatic hydroxyl groups is 2. The Balaban J connectivity index is -0.000000295. The molecule has 8 nitrogen and oxygen atoms in total. The maximum absolute atomic E-state index is 9.80. The van der Waals surface area contributed by atoms with Gasteiger partial charge in [-0.1, -0.05) is 0 Å². The van der Waals surface area contributed by atoms with Crippen LogP contribution < -0.4 is 9.79 Å². The first-order valence-electron chi connectivity index (χ1n) is 6.31. The van der Waals surface area contributed by atoms with Crippen LogP contribution in [0.3, 0.4) is 0 Å². The molecule has 2 N–H and O–H groups in total. The molecule has 0 aromatic rings. The summed E-state index contributed by atoms with van der Waals surface area (Å²) in [5.74, 6) is 0. The van der Waals surface area contributed by atoms with Gasteiger partial charge in [0.25, 0.3) is 0 Å². The van der Waals surface area contributed by atoms with E-state index in [1.807, 2.05) is 0 Å². The monoisotopic (exact) mass is 372 g/mol. The molecular formula is C10H22CaO8P2+2. The van der Waals surface area contributed by atoms with E-state index >= 15 is 0 Å². The van der Waals surface area contributed by atoms with Crippen LogP contribution in [0.2, 0.25) is 0 Å². The first-order valence-corrected chi connectivity index (χ1v) is 8.50. The molecule has 2 atom stereocenters. The van der Waals surface area contributed by atoms with Crippen molar-refractivity contribution in [2.24, 2.45) is 0 Å². The Labute approximate surface area is 156 Å². The molecule has 0 saturated carbocycles. The number of hydrogen-bond acceptors (Lipinski definition) is 8. The van der Waals surface area contributed by atoms with Crippen LogP contribution in [0.1, 0.15) is 38.5 Å². The molecule has 21 heavy (non-hydrogen) atoms. The molecule has 0 spiro atoms. The normalized spacial score (nSPS) is 11.0. The maximum Gasteiger partial charge on any atom is 2.00 e. The first kappa shape index (κ1) is 27.1. The maximum atomic E-state index is 9.80. The van der Waals surface area contributed by atoms with Crippen LogP contribution in [-0.4, -0.2) is 74.4 Å². The topological polar surface area (TPSA) is 139 Å². The molecule has 0 aliphatic rings. The van der Waals surface area contributed by atoms with Gasteiger partial charge >= 0.3 is 54.2 Å². The second-order valence-electron chi connectivity index (χ2n) is 3.68. The SMILES string of the molecule is O=[P+]([O-])OCCCCCO.O=[P+]([O-])OCCCCCO.[Ca+2]. The predicted octanol–water partition coefficient (Wildman–Crippen LogP) is -0.0142. The molecule has 0 heterocycles. The fraction of sp³-hybridized carbons (Fsp3) is 1.00. The molecule has 2 unspecified atom stereocenters. The Morgan fingerprint density at radius 1 is 0.714 bits per heavy atom. The van der Waals surface area contributed by atoms with Crippen LogP contribution in [0.15, 0.2) is 0 Å². The van der Waals surface area contributed by atoms with Gasteiger partial charge in [0.05, 0.1) is 0 Å². The molecule has 0 aromatic heterocycles. The van der Waals surface area contributed by atoms with E-state index in [4.69, 9.17) is 10.2 Å². The van der Waals surface area contributed by atoms with E-state index in [0.717, 1.165) is 12.8 Å². The summed E-state index contributed by atoms with van der Waals surface area (Å²) in [4.78, 5) is 19.6. The number of aliphatic hydroxyl groups excluding tert-OH is 2. The van der Waals surface area contributed by atoms with Crippen molar-refractivity contribution in [1.82, 2.24) is 0 Å². The summed E-state index contributed by atoms with van der Waals surface area (Å²) in [7, 11) is -5.37. The van der Waals surface area contributed by atoms with Crippen molar-refractivity contribution in [3.05, 3.63) is 0 Å². The second-order valence-corrected chi connectivity index (χ2v) is 5.09. The van der Waals surface area contributed by atoms with E-state index in [2.05, 4.69) is 9.05 Å². The summed E-state index contributed by atoms with van der Waals surface area (Å²) in [6, 6.07) is 0. The van der Waals surface area contributed by atoms with E-state index in [1.165, 1.54) is 0 Å². The fourth-order valence-corrected chi connectivity index (χ4v) is 1.62. The van der Waals surface area contributed by atoms with Crippen molar-refractivity contribution < 1.29 is 38.2 Å². The molecular weight excluding hydrogens is 350 g/mol. The molecule has 0 bridgehead atoms. The van der Waals surface area contributed by atoms with Gasteiger partial charge in [0.2, 0.25) is 0 Å². The fourth-order valence-electron chi connectivity index (χ4n) is 1.06. The van der Waals surface area contributed by atoms with Gasteiger partial charge in [0.15, 0.2) is 0 Å². The summed E-state index contributed by atoms with van der Waals surface area (Å²) in [5.41, 5.74) is 0. The molecule has 0 fully saturated rings. The minimum absolute atomic E-state index is 0. The minimum Gasteiger partial charge on any atom is -0.566 e. The van der Waals surface area contributed by atoms with Crippen molar-refractivity contribution >= 4 is 54.2 Å². The Bertz CT molecular complexity index is 221. The zero-order valence-corrected chi connectivity index (χ0v) is 16.0. The van der Waals surface area contributed by atoms with E-state index in [1.54, 1.807) is 0 Å². The van der Waals surface area contributed by atoms with Gasteiger partial charge in [-0.05, 0) is 47.7 Å². The van der Waals surface area contributed by atoms with E-state index in [0.29, 0.717) is 25.7 Å². The zero-order valence-electron chi connectivity index (χ0n) is 12.0. The molecule has 0 radical (unpaired) electrons. The molecule has 0 saturated heterocycles. The van der Waals surface area contributed by atoms with Crippen LogP contribution >= 0.6 is 16.5 Å². The van der Waals surface area contributed by atoms with Crippen molar-refractivity contribution in [2.75, 3.05) is 26.4 Å². The van der Waals surface area contributed by atoms with Crippen molar-refractivity contribution in [2.45, 2.75) is 38.5 Å². The number of hydrogen-bond donors (Lipinski definition) is 2. The van der Waals surface area contributed by atoms with Gasteiger partial charge in [0, 0.05) is 13.2 Å². The van der Waals surface area contributed by atoms with E-state index < -0.39 is 16.5 Å². The van der Waals surface area contributed by atoms with Crippen molar-refractivity contribution in [3.63, 3.8) is 0 Å². The van der Waals surface area contributed by atoms with E-state index in [-0.39, 0.29) is 64.2 Å². The Kier molecular flexibility index (Phi) is 30.3. The van der Waals surface area contributed by atoms with Crippen LogP contribution in [0.25, 0.3) is 0 Å². The quantitative estimate of drug-likeness (QED) is 0.277. The third kappa shape index (κ3) is 33.8. The third-order valence-electron chi connectivity index (χ3n) is 2.00. The van der Waals surface area contributed by atoms with Gasteiger partial charge in [0.1, 0.15) is 13.2 Å². The van der Waals surface area contributed by atoms with E-state index in [9.17, 15) is 18.9 Å². The number of rotatable bonds is 12. The molecule has 0 amide bonds. The largest absolute Gasteiger partial charge is 2.00 e.